The molecule has 4 rings (SSSR count). The SMILES string of the molecule is O=C(NC1Cc2ccccc2C1)[C@H]1NCCc2[nH]cnc21. The molecule has 2 aromatic rings. The van der Waals surface area contributed by atoms with E-state index >= 15 is 0 Å². The van der Waals surface area contributed by atoms with Crippen LogP contribution in [0.25, 0.3) is 0 Å². The molecular formula is C16H18N4O. The molecule has 1 aromatic carbocycles. The highest BCUT2D eigenvalue weighted by Crippen LogP contribution is 2.23. The molecule has 108 valence electrons. The molecule has 1 amide bonds. The number of aromatic nitrogens is 2. The Morgan fingerprint density at radius 3 is 2.76 bits per heavy atom. The van der Waals surface area contributed by atoms with E-state index in [2.05, 4.69) is 44.9 Å². The molecule has 1 aliphatic heterocycles. The molecule has 1 aliphatic carbocycles. The summed E-state index contributed by atoms with van der Waals surface area (Å²) in [5.41, 5.74) is 4.61. The third kappa shape index (κ3) is 2.23. The molecule has 0 fully saturated rings. The Labute approximate surface area is 123 Å². The van der Waals surface area contributed by atoms with Gasteiger partial charge >= 0.3 is 0 Å². The summed E-state index contributed by atoms with van der Waals surface area (Å²) in [6.45, 7) is 0.804. The molecule has 5 heteroatoms. The van der Waals surface area contributed by atoms with Crippen LogP contribution in [0.3, 0.4) is 0 Å². The second kappa shape index (κ2) is 5.00. The summed E-state index contributed by atoms with van der Waals surface area (Å²) in [6, 6.07) is 8.27. The fourth-order valence-electron chi connectivity index (χ4n) is 3.38. The first-order chi connectivity index (χ1) is 10.3. The van der Waals surface area contributed by atoms with E-state index < -0.39 is 0 Å². The molecule has 1 atom stereocenters. The van der Waals surface area contributed by atoms with Crippen LogP contribution in [-0.4, -0.2) is 28.5 Å². The van der Waals surface area contributed by atoms with Gasteiger partial charge in [-0.3, -0.25) is 4.79 Å². The molecule has 3 N–H and O–H groups in total. The third-order valence-electron chi connectivity index (χ3n) is 4.41. The zero-order chi connectivity index (χ0) is 14.2. The number of carbonyl (C=O) groups excluding carboxylic acids is 1. The van der Waals surface area contributed by atoms with Gasteiger partial charge in [0.15, 0.2) is 0 Å². The molecule has 0 unspecified atom stereocenters. The van der Waals surface area contributed by atoms with Crippen LogP contribution in [-0.2, 0) is 24.1 Å². The normalized spacial score (nSPS) is 20.9. The lowest BCUT2D eigenvalue weighted by Crippen LogP contribution is -2.45. The zero-order valence-electron chi connectivity index (χ0n) is 11.7. The van der Waals surface area contributed by atoms with Crippen molar-refractivity contribution in [1.29, 1.82) is 0 Å². The number of H-pyrrole nitrogens is 1. The monoisotopic (exact) mass is 282 g/mol. The van der Waals surface area contributed by atoms with Crippen LogP contribution in [0.1, 0.15) is 28.6 Å². The number of benzene rings is 1. The highest BCUT2D eigenvalue weighted by Gasteiger charge is 2.31. The van der Waals surface area contributed by atoms with Gasteiger partial charge in [-0.05, 0) is 24.0 Å². The highest BCUT2D eigenvalue weighted by molar-refractivity contribution is 5.83. The molecule has 0 spiro atoms. The summed E-state index contributed by atoms with van der Waals surface area (Å²) in [7, 11) is 0. The van der Waals surface area contributed by atoms with Crippen LogP contribution in [0.15, 0.2) is 30.6 Å². The number of nitrogens with zero attached hydrogens (tertiary/aromatic N) is 1. The quantitative estimate of drug-likeness (QED) is 0.766. The number of nitrogens with one attached hydrogen (secondary N) is 3. The minimum absolute atomic E-state index is 0.0286. The summed E-state index contributed by atoms with van der Waals surface area (Å²) in [4.78, 5) is 20.0. The van der Waals surface area contributed by atoms with E-state index in [9.17, 15) is 4.79 Å². The van der Waals surface area contributed by atoms with Gasteiger partial charge in [0.2, 0.25) is 5.91 Å². The van der Waals surface area contributed by atoms with Crippen molar-refractivity contribution in [3.05, 3.63) is 53.1 Å². The predicted molar refractivity (Wildman–Crippen MR) is 78.8 cm³/mol. The van der Waals surface area contributed by atoms with Gasteiger partial charge in [0.25, 0.3) is 0 Å². The average molecular weight is 282 g/mol. The lowest BCUT2D eigenvalue weighted by molar-refractivity contribution is -0.124. The number of fused-ring (bicyclic) bond motifs is 2. The number of rotatable bonds is 2. The van der Waals surface area contributed by atoms with E-state index in [1.54, 1.807) is 6.33 Å². The number of hydrogen-bond acceptors (Lipinski definition) is 3. The van der Waals surface area contributed by atoms with Crippen LogP contribution in [0, 0.1) is 0 Å². The van der Waals surface area contributed by atoms with Crippen LogP contribution < -0.4 is 10.6 Å². The van der Waals surface area contributed by atoms with E-state index in [0.29, 0.717) is 0 Å². The van der Waals surface area contributed by atoms with Gasteiger partial charge in [0, 0.05) is 24.7 Å². The van der Waals surface area contributed by atoms with Crippen molar-refractivity contribution in [3.63, 3.8) is 0 Å². The van der Waals surface area contributed by atoms with Crippen molar-refractivity contribution in [3.8, 4) is 0 Å². The minimum atomic E-state index is -0.330. The first-order valence-corrected chi connectivity index (χ1v) is 7.44. The number of amides is 1. The van der Waals surface area contributed by atoms with Crippen molar-refractivity contribution < 1.29 is 4.79 Å². The lowest BCUT2D eigenvalue weighted by atomic mass is 10.0. The van der Waals surface area contributed by atoms with Crippen LogP contribution >= 0.6 is 0 Å². The van der Waals surface area contributed by atoms with Crippen molar-refractivity contribution in [2.75, 3.05) is 6.54 Å². The van der Waals surface area contributed by atoms with Crippen LogP contribution in [0.2, 0.25) is 0 Å². The summed E-state index contributed by atoms with van der Waals surface area (Å²) < 4.78 is 0. The van der Waals surface area contributed by atoms with Gasteiger partial charge in [-0.2, -0.15) is 0 Å². The Bertz CT molecular complexity index is 653. The molecule has 2 heterocycles. The lowest BCUT2D eigenvalue weighted by Gasteiger charge is -2.24. The van der Waals surface area contributed by atoms with Crippen molar-refractivity contribution in [2.45, 2.75) is 31.3 Å². The van der Waals surface area contributed by atoms with E-state index in [1.807, 2.05) is 0 Å². The van der Waals surface area contributed by atoms with Crippen molar-refractivity contribution >= 4 is 5.91 Å². The number of hydrogen-bond donors (Lipinski definition) is 3. The smallest absolute Gasteiger partial charge is 0.243 e. The van der Waals surface area contributed by atoms with E-state index in [0.717, 1.165) is 37.2 Å². The third-order valence-corrected chi connectivity index (χ3v) is 4.41. The van der Waals surface area contributed by atoms with Gasteiger partial charge < -0.3 is 15.6 Å². The maximum absolute atomic E-state index is 12.5. The molecule has 5 nitrogen and oxygen atoms in total. The number of imidazole rings is 1. The Morgan fingerprint density at radius 2 is 2.00 bits per heavy atom. The maximum Gasteiger partial charge on any atom is 0.243 e. The first-order valence-electron chi connectivity index (χ1n) is 7.44. The predicted octanol–water partition coefficient (Wildman–Crippen LogP) is 0.880. The van der Waals surface area contributed by atoms with Crippen LogP contribution in [0.5, 0.6) is 0 Å². The summed E-state index contributed by atoms with van der Waals surface area (Å²) in [5.74, 6) is 0.0286. The molecule has 2 aliphatic rings. The second-order valence-electron chi connectivity index (χ2n) is 5.79. The fraction of sp³-hybridized carbons (Fsp3) is 0.375. The molecular weight excluding hydrogens is 264 g/mol. The van der Waals surface area contributed by atoms with Gasteiger partial charge in [-0.15, -0.1) is 0 Å². The molecule has 0 bridgehead atoms. The summed E-state index contributed by atoms with van der Waals surface area (Å²) in [6.07, 6.45) is 4.40. The zero-order valence-corrected chi connectivity index (χ0v) is 11.7. The molecule has 0 radical (unpaired) electrons. The Kier molecular flexibility index (Phi) is 3.00. The molecule has 0 saturated heterocycles. The largest absolute Gasteiger partial charge is 0.351 e. The summed E-state index contributed by atoms with van der Waals surface area (Å²) in [5, 5.41) is 6.43. The maximum atomic E-state index is 12.5. The highest BCUT2D eigenvalue weighted by atomic mass is 16.2. The first kappa shape index (κ1) is 12.6. The number of aromatic amines is 1. The molecule has 1 aromatic heterocycles. The van der Waals surface area contributed by atoms with E-state index in [4.69, 9.17) is 0 Å². The van der Waals surface area contributed by atoms with Crippen LogP contribution in [0.4, 0.5) is 0 Å². The minimum Gasteiger partial charge on any atom is -0.351 e. The molecule has 0 saturated carbocycles. The van der Waals surface area contributed by atoms with Crippen molar-refractivity contribution in [1.82, 2.24) is 20.6 Å². The van der Waals surface area contributed by atoms with Gasteiger partial charge in [-0.25, -0.2) is 4.98 Å². The average Bonchev–Trinajstić information content (AvgIpc) is 3.12. The van der Waals surface area contributed by atoms with E-state index in [1.165, 1.54) is 11.1 Å². The Hall–Kier alpha value is -2.14. The second-order valence-corrected chi connectivity index (χ2v) is 5.79. The topological polar surface area (TPSA) is 69.8 Å². The van der Waals surface area contributed by atoms with Gasteiger partial charge in [-0.1, -0.05) is 24.3 Å². The fourth-order valence-corrected chi connectivity index (χ4v) is 3.38. The van der Waals surface area contributed by atoms with Gasteiger partial charge in [0.1, 0.15) is 6.04 Å². The van der Waals surface area contributed by atoms with Gasteiger partial charge in [0.05, 0.1) is 12.0 Å². The molecule has 21 heavy (non-hydrogen) atoms. The van der Waals surface area contributed by atoms with E-state index in [-0.39, 0.29) is 18.0 Å². The summed E-state index contributed by atoms with van der Waals surface area (Å²) >= 11 is 0. The standard InChI is InChI=1S/C16H18N4O/c21-16(15-14-13(5-6-17-15)18-9-19-14)20-12-7-10-3-1-2-4-11(10)8-12/h1-4,9,12,15,17H,5-8H2,(H,18,19)(H,20,21)/t15-/m0/s1. The Morgan fingerprint density at radius 1 is 1.24 bits per heavy atom. The van der Waals surface area contributed by atoms with Crippen molar-refractivity contribution in [2.24, 2.45) is 0 Å². The Balaban J connectivity index is 1.47. The number of carbonyl (C=O) groups is 1.